The summed E-state index contributed by atoms with van der Waals surface area (Å²) in [6.45, 7) is 3.87. The Morgan fingerprint density at radius 1 is 1.27 bits per heavy atom. The lowest BCUT2D eigenvalue weighted by atomic mass is 10.1. The lowest BCUT2D eigenvalue weighted by Gasteiger charge is -2.29. The third-order valence-corrected chi connectivity index (χ3v) is 4.48. The molecule has 1 saturated heterocycles. The van der Waals surface area contributed by atoms with E-state index in [9.17, 15) is 0 Å². The van der Waals surface area contributed by atoms with Crippen molar-refractivity contribution in [2.75, 3.05) is 19.6 Å². The van der Waals surface area contributed by atoms with Crippen LogP contribution in [0.15, 0.2) is 30.5 Å². The Balaban J connectivity index is 1.67. The molecule has 2 aromatic rings. The highest BCUT2D eigenvalue weighted by Gasteiger charge is 2.24. The molecule has 1 atom stereocenters. The molecule has 1 aliphatic rings. The Hall–Kier alpha value is -1.43. The smallest absolute Gasteiger partial charge is 0.0964 e. The van der Waals surface area contributed by atoms with Gasteiger partial charge in [-0.15, -0.1) is 5.10 Å². The van der Waals surface area contributed by atoms with Crippen LogP contribution < -0.4 is 5.32 Å². The molecule has 5 nitrogen and oxygen atoms in total. The van der Waals surface area contributed by atoms with E-state index in [2.05, 4.69) is 32.7 Å². The lowest BCUT2D eigenvalue weighted by molar-refractivity contribution is 0.238. The minimum atomic E-state index is 0.313. The predicted molar refractivity (Wildman–Crippen MR) is 87.7 cm³/mol. The topological polar surface area (TPSA) is 46.0 Å². The van der Waals surface area contributed by atoms with Crippen molar-refractivity contribution in [1.82, 2.24) is 25.2 Å². The molecule has 6 heteroatoms. The van der Waals surface area contributed by atoms with Gasteiger partial charge in [0.05, 0.1) is 5.69 Å². The molecule has 1 aromatic heterocycles. The first kappa shape index (κ1) is 15.5. The molecule has 1 fully saturated rings. The summed E-state index contributed by atoms with van der Waals surface area (Å²) in [6.07, 6.45) is 4.48. The van der Waals surface area contributed by atoms with Gasteiger partial charge in [-0.2, -0.15) is 0 Å². The van der Waals surface area contributed by atoms with Crippen molar-refractivity contribution < 1.29 is 0 Å². The molecule has 0 aliphatic carbocycles. The van der Waals surface area contributed by atoms with Crippen LogP contribution in [0.4, 0.5) is 0 Å². The first-order valence-corrected chi connectivity index (χ1v) is 8.16. The molecule has 2 heterocycles. The predicted octanol–water partition coefficient (Wildman–Crippen LogP) is 2.40. The molecule has 0 saturated carbocycles. The first-order valence-electron chi connectivity index (χ1n) is 7.78. The fraction of sp³-hybridized carbons (Fsp3) is 0.500. The van der Waals surface area contributed by atoms with Crippen LogP contribution in [0.2, 0.25) is 5.02 Å². The van der Waals surface area contributed by atoms with Gasteiger partial charge in [-0.1, -0.05) is 35.0 Å². The molecule has 0 bridgehead atoms. The van der Waals surface area contributed by atoms with Gasteiger partial charge in [0.2, 0.25) is 0 Å². The molecule has 1 unspecified atom stereocenters. The van der Waals surface area contributed by atoms with Gasteiger partial charge in [0.15, 0.2) is 0 Å². The van der Waals surface area contributed by atoms with Gasteiger partial charge in [0.25, 0.3) is 0 Å². The van der Waals surface area contributed by atoms with Gasteiger partial charge in [-0.3, -0.25) is 9.58 Å². The zero-order valence-corrected chi connectivity index (χ0v) is 13.6. The first-order chi connectivity index (χ1) is 10.7. The molecule has 118 valence electrons. The average molecular weight is 320 g/mol. The van der Waals surface area contributed by atoms with Crippen molar-refractivity contribution in [3.8, 4) is 0 Å². The van der Waals surface area contributed by atoms with Crippen LogP contribution in [0.25, 0.3) is 0 Å². The summed E-state index contributed by atoms with van der Waals surface area (Å²) in [5.74, 6) is 0. The minimum Gasteiger partial charge on any atom is -0.309 e. The summed E-state index contributed by atoms with van der Waals surface area (Å²) in [6, 6.07) is 8.47. The van der Waals surface area contributed by atoms with Gasteiger partial charge in [0.1, 0.15) is 0 Å². The third kappa shape index (κ3) is 3.66. The normalized spacial score (nSPS) is 17.0. The number of aryl methyl sites for hydroxylation is 1. The maximum Gasteiger partial charge on any atom is 0.0964 e. The van der Waals surface area contributed by atoms with E-state index >= 15 is 0 Å². The number of aromatic nitrogens is 3. The molecule has 1 N–H and O–H groups in total. The lowest BCUT2D eigenvalue weighted by Crippen LogP contribution is -2.34. The van der Waals surface area contributed by atoms with E-state index in [0.29, 0.717) is 6.04 Å². The number of halogens is 1. The van der Waals surface area contributed by atoms with Gasteiger partial charge in [-0.05, 0) is 37.6 Å². The SMILES string of the molecule is Cn1cc(CNCC(c2ccccc2Cl)N2CCCC2)nn1. The molecule has 0 spiro atoms. The molecule has 22 heavy (non-hydrogen) atoms. The Kier molecular flexibility index (Phi) is 5.08. The largest absolute Gasteiger partial charge is 0.309 e. The van der Waals surface area contributed by atoms with Crippen molar-refractivity contribution in [3.05, 3.63) is 46.7 Å². The maximum atomic E-state index is 6.42. The summed E-state index contributed by atoms with van der Waals surface area (Å²) >= 11 is 6.42. The van der Waals surface area contributed by atoms with Gasteiger partial charge in [0, 0.05) is 37.4 Å². The van der Waals surface area contributed by atoms with Crippen molar-refractivity contribution in [2.24, 2.45) is 7.05 Å². The van der Waals surface area contributed by atoms with E-state index in [1.165, 1.54) is 18.4 Å². The number of rotatable bonds is 6. The highest BCUT2D eigenvalue weighted by Crippen LogP contribution is 2.29. The Morgan fingerprint density at radius 2 is 2.05 bits per heavy atom. The van der Waals surface area contributed by atoms with E-state index in [0.717, 1.165) is 36.9 Å². The quantitative estimate of drug-likeness (QED) is 0.888. The molecule has 1 aromatic carbocycles. The average Bonchev–Trinajstić information content (AvgIpc) is 3.16. The molecule has 0 radical (unpaired) electrons. The number of nitrogens with one attached hydrogen (secondary N) is 1. The van der Waals surface area contributed by atoms with Crippen molar-refractivity contribution in [3.63, 3.8) is 0 Å². The van der Waals surface area contributed by atoms with E-state index in [1.807, 2.05) is 25.4 Å². The summed E-state index contributed by atoms with van der Waals surface area (Å²) in [4.78, 5) is 2.52. The molecule has 0 amide bonds. The van der Waals surface area contributed by atoms with Crippen LogP contribution in [-0.2, 0) is 13.6 Å². The van der Waals surface area contributed by atoms with Crippen molar-refractivity contribution in [2.45, 2.75) is 25.4 Å². The molecular formula is C16H22ClN5. The highest BCUT2D eigenvalue weighted by atomic mass is 35.5. The summed E-state index contributed by atoms with van der Waals surface area (Å²) < 4.78 is 1.73. The van der Waals surface area contributed by atoms with E-state index in [1.54, 1.807) is 4.68 Å². The maximum absolute atomic E-state index is 6.42. The minimum absolute atomic E-state index is 0.313. The second-order valence-corrected chi connectivity index (χ2v) is 6.20. The van der Waals surface area contributed by atoms with Gasteiger partial charge < -0.3 is 5.32 Å². The molecule has 3 rings (SSSR count). The van der Waals surface area contributed by atoms with Crippen molar-refractivity contribution >= 4 is 11.6 Å². The Bertz CT molecular complexity index is 606. The van der Waals surface area contributed by atoms with E-state index in [4.69, 9.17) is 11.6 Å². The van der Waals surface area contributed by atoms with Crippen molar-refractivity contribution in [1.29, 1.82) is 0 Å². The van der Waals surface area contributed by atoms with Gasteiger partial charge in [-0.25, -0.2) is 0 Å². The van der Waals surface area contributed by atoms with Crippen LogP contribution in [0.3, 0.4) is 0 Å². The monoisotopic (exact) mass is 319 g/mol. The summed E-state index contributed by atoms with van der Waals surface area (Å²) in [7, 11) is 1.88. The molecule has 1 aliphatic heterocycles. The fourth-order valence-electron chi connectivity index (χ4n) is 3.05. The number of benzene rings is 1. The van der Waals surface area contributed by atoms with Crippen LogP contribution in [0.5, 0.6) is 0 Å². The summed E-state index contributed by atoms with van der Waals surface area (Å²) in [5.41, 5.74) is 2.17. The van der Waals surface area contributed by atoms with E-state index < -0.39 is 0 Å². The number of nitrogens with zero attached hydrogens (tertiary/aromatic N) is 4. The summed E-state index contributed by atoms with van der Waals surface area (Å²) in [5, 5.41) is 12.4. The number of likely N-dealkylation sites (tertiary alicyclic amines) is 1. The Morgan fingerprint density at radius 3 is 2.73 bits per heavy atom. The van der Waals surface area contributed by atoms with Gasteiger partial charge >= 0.3 is 0 Å². The second kappa shape index (κ2) is 7.22. The third-order valence-electron chi connectivity index (χ3n) is 4.14. The zero-order valence-electron chi connectivity index (χ0n) is 12.9. The highest BCUT2D eigenvalue weighted by molar-refractivity contribution is 6.31. The van der Waals surface area contributed by atoms with Crippen LogP contribution in [0.1, 0.15) is 30.1 Å². The standard InChI is InChI=1S/C16H22ClN5/c1-21-12-13(19-20-21)10-18-11-16(22-8-4-5-9-22)14-6-2-3-7-15(14)17/h2-3,6-7,12,16,18H,4-5,8-11H2,1H3. The second-order valence-electron chi connectivity index (χ2n) is 5.79. The Labute approximate surface area is 136 Å². The fourth-order valence-corrected chi connectivity index (χ4v) is 3.31. The van der Waals surface area contributed by atoms with Crippen LogP contribution >= 0.6 is 11.6 Å². The van der Waals surface area contributed by atoms with Crippen LogP contribution in [-0.4, -0.2) is 39.5 Å². The van der Waals surface area contributed by atoms with Crippen LogP contribution in [0, 0.1) is 0 Å². The number of hydrogen-bond acceptors (Lipinski definition) is 4. The molecular weight excluding hydrogens is 298 g/mol. The zero-order chi connectivity index (χ0) is 15.4. The van der Waals surface area contributed by atoms with E-state index in [-0.39, 0.29) is 0 Å². The number of hydrogen-bond donors (Lipinski definition) is 1.